The second-order valence-corrected chi connectivity index (χ2v) is 8.27. The molecule has 1 saturated heterocycles. The normalized spacial score (nSPS) is 21.0. The quantitative estimate of drug-likeness (QED) is 0.276. The molecule has 0 radical (unpaired) electrons. The number of aliphatic hydroxyl groups is 1. The Hall–Kier alpha value is -2.56. The number of hydrogen-bond donors (Lipinski definition) is 1. The molecule has 34 heavy (non-hydrogen) atoms. The molecule has 1 heterocycles. The maximum Gasteiger partial charge on any atom is 0.416 e. The molecule has 1 aromatic rings. The molecule has 0 bridgehead atoms. The van der Waals surface area contributed by atoms with Gasteiger partial charge >= 0.3 is 24.3 Å². The van der Waals surface area contributed by atoms with E-state index in [1.165, 1.54) is 0 Å². The highest BCUT2D eigenvalue weighted by molar-refractivity contribution is 5.96. The van der Waals surface area contributed by atoms with E-state index < -0.39 is 59.8 Å². The number of ether oxygens (including phenoxy) is 2. The van der Waals surface area contributed by atoms with Gasteiger partial charge in [-0.2, -0.15) is 26.3 Å². The largest absolute Gasteiger partial charge is 0.461 e. The molecule has 2 unspecified atom stereocenters. The number of carbonyl (C=O) groups excluding carboxylic acids is 2. The number of unbranched alkanes of at least 4 members (excludes halogenated alkanes) is 1. The maximum atomic E-state index is 13.1. The first kappa shape index (κ1) is 27.7. The Labute approximate surface area is 192 Å². The Morgan fingerprint density at radius 3 is 2.21 bits per heavy atom. The lowest BCUT2D eigenvalue weighted by Gasteiger charge is -2.25. The van der Waals surface area contributed by atoms with Crippen molar-refractivity contribution < 1.29 is 50.5 Å². The van der Waals surface area contributed by atoms with Gasteiger partial charge in [-0.15, -0.1) is 0 Å². The van der Waals surface area contributed by atoms with E-state index in [1.807, 2.05) is 13.8 Å². The van der Waals surface area contributed by atoms with Gasteiger partial charge in [-0.25, -0.2) is 4.79 Å². The first-order chi connectivity index (χ1) is 15.7. The summed E-state index contributed by atoms with van der Waals surface area (Å²) in [5.41, 5.74) is -5.49. The monoisotopic (exact) mass is 496 g/mol. The van der Waals surface area contributed by atoms with E-state index in [1.54, 1.807) is 0 Å². The van der Waals surface area contributed by atoms with Crippen LogP contribution in [0.3, 0.4) is 0 Å². The summed E-state index contributed by atoms with van der Waals surface area (Å²) in [7, 11) is 0. The molecule has 190 valence electrons. The fraction of sp³-hybridized carbons (Fsp3) is 0.565. The minimum absolute atomic E-state index is 0.0187. The molecule has 11 heteroatoms. The van der Waals surface area contributed by atoms with Crippen LogP contribution < -0.4 is 0 Å². The molecule has 0 aromatic heterocycles. The summed E-state index contributed by atoms with van der Waals surface area (Å²) in [6.45, 7) is 2.52. The second kappa shape index (κ2) is 10.8. The van der Waals surface area contributed by atoms with Crippen LogP contribution in [0.5, 0.6) is 0 Å². The van der Waals surface area contributed by atoms with Crippen LogP contribution in [0, 0.1) is 5.92 Å². The van der Waals surface area contributed by atoms with E-state index in [0.717, 1.165) is 18.9 Å². The number of carbonyl (C=O) groups is 2. The molecule has 0 spiro atoms. The molecule has 1 aliphatic rings. The van der Waals surface area contributed by atoms with E-state index in [0.29, 0.717) is 25.0 Å². The molecular weight excluding hydrogens is 470 g/mol. The second-order valence-electron chi connectivity index (χ2n) is 8.27. The minimum atomic E-state index is -5.04. The topological polar surface area (TPSA) is 72.8 Å². The number of benzene rings is 1. The summed E-state index contributed by atoms with van der Waals surface area (Å²) >= 11 is 0. The highest BCUT2D eigenvalue weighted by Crippen LogP contribution is 2.38. The maximum absolute atomic E-state index is 13.1. The zero-order chi connectivity index (χ0) is 25.7. The number of hydrogen-bond acceptors (Lipinski definition) is 5. The molecule has 1 aliphatic heterocycles. The average molecular weight is 496 g/mol. The van der Waals surface area contributed by atoms with Gasteiger partial charge in [-0.1, -0.05) is 26.7 Å². The van der Waals surface area contributed by atoms with E-state index in [-0.39, 0.29) is 24.0 Å². The third-order valence-electron chi connectivity index (χ3n) is 5.53. The van der Waals surface area contributed by atoms with Gasteiger partial charge in [0.05, 0.1) is 23.7 Å². The molecular formula is C23H26F6O5. The summed E-state index contributed by atoms with van der Waals surface area (Å²) in [4.78, 5) is 24.6. The molecule has 1 fully saturated rings. The Morgan fingerprint density at radius 1 is 1.15 bits per heavy atom. The Kier molecular flexibility index (Phi) is 8.79. The Bertz CT molecular complexity index is 889. The lowest BCUT2D eigenvalue weighted by atomic mass is 9.96. The number of halogens is 6. The van der Waals surface area contributed by atoms with Crippen molar-refractivity contribution >= 4 is 18.0 Å². The average Bonchev–Trinajstić information content (AvgIpc) is 3.07. The van der Waals surface area contributed by atoms with Crippen molar-refractivity contribution in [3.8, 4) is 0 Å². The third kappa shape index (κ3) is 6.97. The van der Waals surface area contributed by atoms with Gasteiger partial charge < -0.3 is 14.6 Å². The van der Waals surface area contributed by atoms with Crippen molar-refractivity contribution in [1.82, 2.24) is 0 Å². The van der Waals surface area contributed by atoms with Crippen molar-refractivity contribution in [2.45, 2.75) is 63.9 Å². The Balaban J connectivity index is 2.27. The van der Waals surface area contributed by atoms with E-state index >= 15 is 0 Å². The van der Waals surface area contributed by atoms with E-state index in [9.17, 15) is 41.0 Å². The number of esters is 2. The van der Waals surface area contributed by atoms with Gasteiger partial charge in [0.25, 0.3) is 0 Å². The summed E-state index contributed by atoms with van der Waals surface area (Å²) < 4.78 is 88.9. The van der Waals surface area contributed by atoms with Gasteiger partial charge in [-0.05, 0) is 42.7 Å². The van der Waals surface area contributed by atoms with E-state index in [4.69, 9.17) is 9.47 Å². The number of rotatable bonds is 9. The SMILES string of the molecule is CCCCC(CC)C(=O)OCC1(CO)C/C(=C\c2cc(C(F)(F)F)cc(C(F)(F)F)c2)C(=O)O1. The fourth-order valence-electron chi connectivity index (χ4n) is 3.56. The molecule has 1 N–H and O–H groups in total. The highest BCUT2D eigenvalue weighted by Gasteiger charge is 2.45. The van der Waals surface area contributed by atoms with Crippen LogP contribution in [0.25, 0.3) is 6.08 Å². The standard InChI is InChI=1S/C23H26F6O5/c1-3-5-6-15(4-2)19(31)33-13-21(12-30)11-16(20(32)34-21)7-14-8-17(22(24,25)26)10-18(9-14)23(27,28)29/h7-10,15,30H,3-6,11-13H2,1-2H3/b16-7+. The summed E-state index contributed by atoms with van der Waals surface area (Å²) in [6.07, 6.45) is -6.80. The van der Waals surface area contributed by atoms with Crippen LogP contribution in [0.4, 0.5) is 26.3 Å². The zero-order valence-corrected chi connectivity index (χ0v) is 18.7. The van der Waals surface area contributed by atoms with Crippen molar-refractivity contribution in [3.05, 3.63) is 40.5 Å². The molecule has 0 amide bonds. The molecule has 5 nitrogen and oxygen atoms in total. The molecule has 2 atom stereocenters. The zero-order valence-electron chi connectivity index (χ0n) is 18.7. The van der Waals surface area contributed by atoms with Gasteiger partial charge in [0.2, 0.25) is 0 Å². The first-order valence-corrected chi connectivity index (χ1v) is 10.8. The molecule has 0 saturated carbocycles. The van der Waals surface area contributed by atoms with Crippen LogP contribution in [0.2, 0.25) is 0 Å². The molecule has 2 rings (SSSR count). The van der Waals surface area contributed by atoms with Gasteiger partial charge in [0.15, 0.2) is 5.60 Å². The predicted octanol–water partition coefficient (Wildman–Crippen LogP) is 5.55. The lowest BCUT2D eigenvalue weighted by molar-refractivity contribution is -0.169. The molecule has 0 aliphatic carbocycles. The van der Waals surface area contributed by atoms with Crippen molar-refractivity contribution in [3.63, 3.8) is 0 Å². The summed E-state index contributed by atoms with van der Waals surface area (Å²) in [6, 6.07) is 0.942. The summed E-state index contributed by atoms with van der Waals surface area (Å²) in [5, 5.41) is 9.78. The van der Waals surface area contributed by atoms with Crippen LogP contribution in [-0.2, 0) is 31.4 Å². The highest BCUT2D eigenvalue weighted by atomic mass is 19.4. The number of alkyl halides is 6. The van der Waals surface area contributed by atoms with Crippen molar-refractivity contribution in [1.29, 1.82) is 0 Å². The van der Waals surface area contributed by atoms with Gasteiger partial charge in [0, 0.05) is 12.0 Å². The molecule has 1 aromatic carbocycles. The van der Waals surface area contributed by atoms with Crippen LogP contribution in [0.15, 0.2) is 23.8 Å². The van der Waals surface area contributed by atoms with E-state index in [2.05, 4.69) is 0 Å². The first-order valence-electron chi connectivity index (χ1n) is 10.8. The smallest absolute Gasteiger partial charge is 0.416 e. The number of cyclic esters (lactones) is 1. The van der Waals surface area contributed by atoms with Crippen LogP contribution >= 0.6 is 0 Å². The predicted molar refractivity (Wildman–Crippen MR) is 109 cm³/mol. The fourth-order valence-corrected chi connectivity index (χ4v) is 3.56. The number of aliphatic hydroxyl groups excluding tert-OH is 1. The minimum Gasteiger partial charge on any atom is -0.461 e. The van der Waals surface area contributed by atoms with Crippen molar-refractivity contribution in [2.75, 3.05) is 13.2 Å². The summed E-state index contributed by atoms with van der Waals surface area (Å²) in [5.74, 6) is -1.95. The van der Waals surface area contributed by atoms with Crippen LogP contribution in [0.1, 0.15) is 62.6 Å². The van der Waals surface area contributed by atoms with Crippen LogP contribution in [-0.4, -0.2) is 35.9 Å². The Morgan fingerprint density at radius 2 is 1.74 bits per heavy atom. The third-order valence-corrected chi connectivity index (χ3v) is 5.53. The lowest BCUT2D eigenvalue weighted by Crippen LogP contribution is -2.40. The van der Waals surface area contributed by atoms with Crippen molar-refractivity contribution in [2.24, 2.45) is 5.92 Å². The van der Waals surface area contributed by atoms with Gasteiger partial charge in [0.1, 0.15) is 6.61 Å². The van der Waals surface area contributed by atoms with Gasteiger partial charge in [-0.3, -0.25) is 4.79 Å².